The normalized spacial score (nSPS) is 11.9. The number of aromatic nitrogens is 1. The summed E-state index contributed by atoms with van der Waals surface area (Å²) in [7, 11) is -3.36. The lowest BCUT2D eigenvalue weighted by Gasteiger charge is -2.10. The summed E-state index contributed by atoms with van der Waals surface area (Å²) in [6.07, 6.45) is 1.09. The fourth-order valence-corrected chi connectivity index (χ4v) is 4.22. The number of hydrogen-bond donors (Lipinski definition) is 2. The van der Waals surface area contributed by atoms with Crippen molar-refractivity contribution < 1.29 is 13.2 Å². The SMILES string of the molecule is C/C(=N/NC(=O)c1cc(-c2ccccc2Cl)nc2ccccc12)c1ccc(NS(C)(=O)=O)cc1. The number of pyridine rings is 1. The Morgan fingerprint density at radius 2 is 1.65 bits per heavy atom. The minimum absolute atomic E-state index is 0.387. The van der Waals surface area contributed by atoms with Crippen molar-refractivity contribution in [3.05, 3.63) is 95.0 Å². The number of nitrogens with zero attached hydrogens (tertiary/aromatic N) is 2. The highest BCUT2D eigenvalue weighted by molar-refractivity contribution is 7.92. The average Bonchev–Trinajstić information content (AvgIpc) is 2.81. The molecule has 0 unspecified atom stereocenters. The second-order valence-electron chi connectivity index (χ2n) is 7.64. The highest BCUT2D eigenvalue weighted by atomic mass is 35.5. The van der Waals surface area contributed by atoms with Gasteiger partial charge in [0.25, 0.3) is 5.91 Å². The van der Waals surface area contributed by atoms with Gasteiger partial charge in [-0.1, -0.05) is 60.1 Å². The maximum atomic E-state index is 13.1. The van der Waals surface area contributed by atoms with E-state index in [9.17, 15) is 13.2 Å². The van der Waals surface area contributed by atoms with Crippen molar-refractivity contribution in [2.75, 3.05) is 11.0 Å². The Hall–Kier alpha value is -3.75. The van der Waals surface area contributed by atoms with E-state index in [1.165, 1.54) is 0 Å². The fourth-order valence-electron chi connectivity index (χ4n) is 3.42. The van der Waals surface area contributed by atoms with Gasteiger partial charge >= 0.3 is 0 Å². The minimum atomic E-state index is -3.36. The molecule has 0 saturated carbocycles. The summed E-state index contributed by atoms with van der Waals surface area (Å²) >= 11 is 6.36. The lowest BCUT2D eigenvalue weighted by Crippen LogP contribution is -2.20. The van der Waals surface area contributed by atoms with Crippen LogP contribution in [0.3, 0.4) is 0 Å². The van der Waals surface area contributed by atoms with Crippen LogP contribution in [-0.2, 0) is 10.0 Å². The molecule has 4 rings (SSSR count). The summed E-state index contributed by atoms with van der Waals surface area (Å²) in [6, 6.07) is 23.1. The molecule has 3 aromatic carbocycles. The van der Waals surface area contributed by atoms with E-state index < -0.39 is 10.0 Å². The first-order valence-electron chi connectivity index (χ1n) is 10.3. The number of amides is 1. The molecule has 1 heterocycles. The lowest BCUT2D eigenvalue weighted by atomic mass is 10.0. The zero-order chi connectivity index (χ0) is 24.3. The molecule has 1 aromatic heterocycles. The topological polar surface area (TPSA) is 101 Å². The summed E-state index contributed by atoms with van der Waals surface area (Å²) in [4.78, 5) is 17.8. The largest absolute Gasteiger partial charge is 0.284 e. The molecule has 1 amide bonds. The molecule has 0 fully saturated rings. The van der Waals surface area contributed by atoms with Crippen LogP contribution in [0.25, 0.3) is 22.2 Å². The van der Waals surface area contributed by atoms with E-state index >= 15 is 0 Å². The van der Waals surface area contributed by atoms with Crippen LogP contribution in [0.2, 0.25) is 5.02 Å². The molecule has 0 radical (unpaired) electrons. The smallest absolute Gasteiger partial charge is 0.272 e. The summed E-state index contributed by atoms with van der Waals surface area (Å²) in [5.41, 5.74) is 6.75. The van der Waals surface area contributed by atoms with Crippen molar-refractivity contribution in [3.8, 4) is 11.3 Å². The number of hydrazone groups is 1. The third-order valence-electron chi connectivity index (χ3n) is 5.04. The van der Waals surface area contributed by atoms with Gasteiger partial charge in [-0.2, -0.15) is 5.10 Å². The van der Waals surface area contributed by atoms with Gasteiger partial charge in [-0.3, -0.25) is 9.52 Å². The van der Waals surface area contributed by atoms with Gasteiger partial charge in [0.2, 0.25) is 10.0 Å². The van der Waals surface area contributed by atoms with Crippen molar-refractivity contribution >= 4 is 49.8 Å². The number of para-hydroxylation sites is 1. The summed E-state index contributed by atoms with van der Waals surface area (Å²) in [5, 5.41) is 5.47. The second-order valence-corrected chi connectivity index (χ2v) is 9.80. The molecule has 172 valence electrons. The third-order valence-corrected chi connectivity index (χ3v) is 5.98. The van der Waals surface area contributed by atoms with Gasteiger partial charge < -0.3 is 0 Å². The van der Waals surface area contributed by atoms with Crippen molar-refractivity contribution in [2.45, 2.75) is 6.92 Å². The van der Waals surface area contributed by atoms with Gasteiger partial charge in [0.1, 0.15) is 0 Å². The highest BCUT2D eigenvalue weighted by Crippen LogP contribution is 2.29. The van der Waals surface area contributed by atoms with Crippen LogP contribution < -0.4 is 10.1 Å². The van der Waals surface area contributed by atoms with Crippen LogP contribution in [0.15, 0.2) is 84.0 Å². The van der Waals surface area contributed by atoms with E-state index in [1.807, 2.05) is 42.5 Å². The molecule has 0 saturated heterocycles. The molecule has 34 heavy (non-hydrogen) atoms. The predicted molar refractivity (Wildman–Crippen MR) is 137 cm³/mol. The monoisotopic (exact) mass is 492 g/mol. The Kier molecular flexibility index (Phi) is 6.63. The van der Waals surface area contributed by atoms with E-state index in [0.717, 1.165) is 17.4 Å². The Balaban J connectivity index is 1.63. The Labute approximate surface area is 202 Å². The molecule has 0 spiro atoms. The van der Waals surface area contributed by atoms with Crippen molar-refractivity contribution in [1.29, 1.82) is 0 Å². The van der Waals surface area contributed by atoms with Crippen molar-refractivity contribution in [1.82, 2.24) is 10.4 Å². The molecule has 0 aliphatic carbocycles. The van der Waals surface area contributed by atoms with Gasteiger partial charge in [0.05, 0.1) is 28.7 Å². The van der Waals surface area contributed by atoms with Gasteiger partial charge in [-0.25, -0.2) is 18.8 Å². The molecule has 0 bridgehead atoms. The maximum Gasteiger partial charge on any atom is 0.272 e. The predicted octanol–water partition coefficient (Wildman–Crippen LogP) is 5.08. The van der Waals surface area contributed by atoms with E-state index in [4.69, 9.17) is 11.6 Å². The molecule has 0 atom stereocenters. The molecular formula is C25H21ClN4O3S. The number of anilines is 1. The van der Waals surface area contributed by atoms with Crippen LogP contribution in [0.1, 0.15) is 22.8 Å². The number of nitrogens with one attached hydrogen (secondary N) is 2. The first kappa shape index (κ1) is 23.4. The number of fused-ring (bicyclic) bond motifs is 1. The second kappa shape index (κ2) is 9.62. The van der Waals surface area contributed by atoms with Crippen LogP contribution in [0, 0.1) is 0 Å². The first-order valence-corrected chi connectivity index (χ1v) is 12.6. The Morgan fingerprint density at radius 1 is 0.971 bits per heavy atom. The van der Waals surface area contributed by atoms with Crippen LogP contribution in [0.5, 0.6) is 0 Å². The summed E-state index contributed by atoms with van der Waals surface area (Å²) in [5.74, 6) is -0.387. The van der Waals surface area contributed by atoms with Crippen molar-refractivity contribution in [3.63, 3.8) is 0 Å². The Bertz CT molecular complexity index is 1520. The first-order chi connectivity index (χ1) is 16.2. The molecule has 2 N–H and O–H groups in total. The van der Waals surface area contributed by atoms with E-state index in [1.54, 1.807) is 43.3 Å². The number of carbonyl (C=O) groups excluding carboxylic acids is 1. The van der Waals surface area contributed by atoms with E-state index in [0.29, 0.717) is 38.6 Å². The quantitative estimate of drug-likeness (QED) is 0.289. The van der Waals surface area contributed by atoms with Crippen molar-refractivity contribution in [2.24, 2.45) is 5.10 Å². The zero-order valence-corrected chi connectivity index (χ0v) is 20.0. The highest BCUT2D eigenvalue weighted by Gasteiger charge is 2.15. The van der Waals surface area contributed by atoms with Crippen LogP contribution in [-0.4, -0.2) is 31.3 Å². The summed E-state index contributed by atoms with van der Waals surface area (Å²) < 4.78 is 25.1. The molecule has 7 nitrogen and oxygen atoms in total. The number of carbonyl (C=O) groups is 1. The summed E-state index contributed by atoms with van der Waals surface area (Å²) in [6.45, 7) is 1.75. The maximum absolute atomic E-state index is 13.1. The van der Waals surface area contributed by atoms with Gasteiger partial charge in [0.15, 0.2) is 0 Å². The van der Waals surface area contributed by atoms with Gasteiger partial charge in [-0.05, 0) is 42.8 Å². The fraction of sp³-hybridized carbons (Fsp3) is 0.0800. The van der Waals surface area contributed by atoms with E-state index in [-0.39, 0.29) is 5.91 Å². The zero-order valence-electron chi connectivity index (χ0n) is 18.4. The Morgan fingerprint density at radius 3 is 2.35 bits per heavy atom. The number of hydrogen-bond acceptors (Lipinski definition) is 5. The van der Waals surface area contributed by atoms with Gasteiger partial charge in [0, 0.05) is 21.7 Å². The molecule has 0 aliphatic heterocycles. The third kappa shape index (κ3) is 5.41. The van der Waals surface area contributed by atoms with Gasteiger partial charge in [-0.15, -0.1) is 0 Å². The van der Waals surface area contributed by atoms with Crippen LogP contribution >= 0.6 is 11.6 Å². The number of benzene rings is 3. The molecule has 0 aliphatic rings. The standard InChI is InChI=1S/C25H21ClN4O3S/c1-16(17-11-13-18(14-12-17)30-34(2,32)33)28-29-25(31)21-15-24(20-8-3-5-9-22(20)26)27-23-10-6-4-7-19(21)23/h3-15,30H,1-2H3,(H,29,31)/b28-16-. The van der Waals surface area contributed by atoms with E-state index in [2.05, 4.69) is 20.2 Å². The average molecular weight is 493 g/mol. The molecular weight excluding hydrogens is 472 g/mol. The molecule has 4 aromatic rings. The van der Waals surface area contributed by atoms with Crippen LogP contribution in [0.4, 0.5) is 5.69 Å². The number of rotatable bonds is 6. The number of sulfonamides is 1. The molecule has 9 heteroatoms. The minimum Gasteiger partial charge on any atom is -0.284 e. The number of halogens is 1. The lowest BCUT2D eigenvalue weighted by molar-refractivity contribution is 0.0956.